The maximum atomic E-state index is 13.8. The van der Waals surface area contributed by atoms with Gasteiger partial charge in [-0.3, -0.25) is 9.59 Å². The van der Waals surface area contributed by atoms with Gasteiger partial charge in [-0.05, 0) is 84.7 Å². The van der Waals surface area contributed by atoms with E-state index < -0.39 is 0 Å². The zero-order valence-electron chi connectivity index (χ0n) is 21.0. The van der Waals surface area contributed by atoms with Crippen LogP contribution in [0.25, 0.3) is 5.57 Å². The van der Waals surface area contributed by atoms with Gasteiger partial charge in [-0.25, -0.2) is 4.90 Å². The molecule has 0 saturated carbocycles. The Bertz CT molecular complexity index is 1320. The van der Waals surface area contributed by atoms with Crippen LogP contribution in [0.1, 0.15) is 54.2 Å². The van der Waals surface area contributed by atoms with Crippen molar-refractivity contribution in [3.8, 4) is 0 Å². The Morgan fingerprint density at radius 3 is 2.03 bits per heavy atom. The molecule has 0 atom stereocenters. The van der Waals surface area contributed by atoms with E-state index in [-0.39, 0.29) is 17.2 Å². The Labute approximate surface area is 202 Å². The molecule has 4 heteroatoms. The van der Waals surface area contributed by atoms with Crippen molar-refractivity contribution in [2.45, 2.75) is 53.9 Å². The number of rotatable bonds is 4. The number of nitrogens with one attached hydrogen (secondary N) is 1. The SMILES string of the molecule is Cc1ccc(C2=C(Nc3ccc(C(C)(C)C)cc3)C(=O)N(c3cccc(C)c3C)C2=O)cc1C. The van der Waals surface area contributed by atoms with Gasteiger partial charge in [0.05, 0.1) is 11.3 Å². The van der Waals surface area contributed by atoms with Gasteiger partial charge < -0.3 is 5.32 Å². The van der Waals surface area contributed by atoms with E-state index in [1.807, 2.05) is 76.2 Å². The normalized spacial score (nSPS) is 14.3. The summed E-state index contributed by atoms with van der Waals surface area (Å²) in [5.41, 5.74) is 8.22. The molecule has 3 aromatic rings. The molecule has 1 aliphatic rings. The predicted molar refractivity (Wildman–Crippen MR) is 140 cm³/mol. The third-order valence-electron chi connectivity index (χ3n) is 6.72. The molecule has 4 rings (SSSR count). The zero-order chi connectivity index (χ0) is 24.8. The highest BCUT2D eigenvalue weighted by Crippen LogP contribution is 2.36. The fourth-order valence-electron chi connectivity index (χ4n) is 4.20. The van der Waals surface area contributed by atoms with Gasteiger partial charge in [0.25, 0.3) is 11.8 Å². The number of hydrogen-bond donors (Lipinski definition) is 1. The van der Waals surface area contributed by atoms with Gasteiger partial charge >= 0.3 is 0 Å². The van der Waals surface area contributed by atoms with Crippen molar-refractivity contribution in [3.05, 3.63) is 99.7 Å². The number of anilines is 2. The number of carbonyl (C=O) groups is 2. The Kier molecular flexibility index (Phi) is 5.94. The van der Waals surface area contributed by atoms with Crippen LogP contribution in [-0.2, 0) is 15.0 Å². The molecule has 0 bridgehead atoms. The van der Waals surface area contributed by atoms with Crippen molar-refractivity contribution < 1.29 is 9.59 Å². The van der Waals surface area contributed by atoms with Crippen LogP contribution in [0.2, 0.25) is 0 Å². The average molecular weight is 453 g/mol. The fraction of sp³-hybridized carbons (Fsp3) is 0.267. The van der Waals surface area contributed by atoms with Crippen molar-refractivity contribution in [1.82, 2.24) is 0 Å². The molecule has 0 fully saturated rings. The highest BCUT2D eigenvalue weighted by molar-refractivity contribution is 6.46. The molecule has 0 spiro atoms. The Hall–Kier alpha value is -3.66. The topological polar surface area (TPSA) is 49.4 Å². The molecular formula is C30H32N2O2. The van der Waals surface area contributed by atoms with Crippen molar-refractivity contribution in [3.63, 3.8) is 0 Å². The monoisotopic (exact) mass is 452 g/mol. The van der Waals surface area contributed by atoms with Crippen LogP contribution >= 0.6 is 0 Å². The summed E-state index contributed by atoms with van der Waals surface area (Å²) in [7, 11) is 0. The Morgan fingerprint density at radius 2 is 1.41 bits per heavy atom. The van der Waals surface area contributed by atoms with E-state index in [0.29, 0.717) is 17.0 Å². The van der Waals surface area contributed by atoms with Crippen LogP contribution in [0.3, 0.4) is 0 Å². The van der Waals surface area contributed by atoms with Crippen molar-refractivity contribution in [2.75, 3.05) is 10.2 Å². The summed E-state index contributed by atoms with van der Waals surface area (Å²) in [5.74, 6) is -0.650. The first-order valence-electron chi connectivity index (χ1n) is 11.6. The molecular weight excluding hydrogens is 420 g/mol. The molecule has 0 unspecified atom stereocenters. The first kappa shape index (κ1) is 23.5. The lowest BCUT2D eigenvalue weighted by Crippen LogP contribution is -2.33. The first-order chi connectivity index (χ1) is 16.0. The van der Waals surface area contributed by atoms with Gasteiger partial charge in [0, 0.05) is 5.69 Å². The molecule has 0 aliphatic carbocycles. The second-order valence-corrected chi connectivity index (χ2v) is 10.2. The van der Waals surface area contributed by atoms with E-state index in [9.17, 15) is 9.59 Å². The van der Waals surface area contributed by atoms with Gasteiger partial charge in [0.15, 0.2) is 0 Å². The number of carbonyl (C=O) groups excluding carboxylic acids is 2. The Morgan fingerprint density at radius 1 is 0.735 bits per heavy atom. The number of benzene rings is 3. The van der Waals surface area contributed by atoms with Crippen LogP contribution in [-0.4, -0.2) is 11.8 Å². The molecule has 34 heavy (non-hydrogen) atoms. The van der Waals surface area contributed by atoms with Crippen molar-refractivity contribution in [1.29, 1.82) is 0 Å². The van der Waals surface area contributed by atoms with Gasteiger partial charge in [-0.15, -0.1) is 0 Å². The molecule has 4 nitrogen and oxygen atoms in total. The number of aryl methyl sites for hydroxylation is 3. The van der Waals surface area contributed by atoms with E-state index >= 15 is 0 Å². The molecule has 2 amide bonds. The lowest BCUT2D eigenvalue weighted by Gasteiger charge is -2.20. The van der Waals surface area contributed by atoms with Gasteiger partial charge in [0.1, 0.15) is 5.70 Å². The number of nitrogens with zero attached hydrogens (tertiary/aromatic N) is 1. The molecule has 1 heterocycles. The summed E-state index contributed by atoms with van der Waals surface area (Å²) < 4.78 is 0. The highest BCUT2D eigenvalue weighted by atomic mass is 16.2. The van der Waals surface area contributed by atoms with Crippen LogP contribution in [0, 0.1) is 27.7 Å². The quantitative estimate of drug-likeness (QED) is 0.453. The lowest BCUT2D eigenvalue weighted by molar-refractivity contribution is -0.120. The molecule has 0 radical (unpaired) electrons. The van der Waals surface area contributed by atoms with Crippen molar-refractivity contribution >= 4 is 28.8 Å². The third kappa shape index (κ3) is 4.16. The largest absolute Gasteiger partial charge is 0.350 e. The van der Waals surface area contributed by atoms with E-state index in [1.165, 1.54) is 10.5 Å². The molecule has 174 valence electrons. The second-order valence-electron chi connectivity index (χ2n) is 10.2. The van der Waals surface area contributed by atoms with Gasteiger partial charge in [-0.1, -0.05) is 63.2 Å². The fourth-order valence-corrected chi connectivity index (χ4v) is 4.20. The summed E-state index contributed by atoms with van der Waals surface area (Å²) >= 11 is 0. The molecule has 0 aromatic heterocycles. The standard InChI is InChI=1S/C30H32N2O2/c1-18-11-12-22(17-20(18)3)26-27(31-24-15-13-23(14-16-24)30(5,6)7)29(34)32(28(26)33)25-10-8-9-19(2)21(25)4/h8-17,31H,1-7H3. The van der Waals surface area contributed by atoms with E-state index in [2.05, 4.69) is 38.2 Å². The number of hydrogen-bond acceptors (Lipinski definition) is 3. The maximum Gasteiger partial charge on any atom is 0.282 e. The van der Waals surface area contributed by atoms with Crippen LogP contribution in [0.4, 0.5) is 11.4 Å². The lowest BCUT2D eigenvalue weighted by atomic mass is 9.87. The molecule has 1 N–H and O–H groups in total. The van der Waals surface area contributed by atoms with Crippen molar-refractivity contribution in [2.24, 2.45) is 0 Å². The minimum Gasteiger partial charge on any atom is -0.350 e. The minimum atomic E-state index is -0.341. The number of imide groups is 1. The number of amides is 2. The smallest absolute Gasteiger partial charge is 0.282 e. The van der Waals surface area contributed by atoms with E-state index in [4.69, 9.17) is 0 Å². The summed E-state index contributed by atoms with van der Waals surface area (Å²) in [5, 5.41) is 3.28. The maximum absolute atomic E-state index is 13.8. The minimum absolute atomic E-state index is 0.0288. The molecule has 0 saturated heterocycles. The van der Waals surface area contributed by atoms with E-state index in [1.54, 1.807) is 0 Å². The summed E-state index contributed by atoms with van der Waals surface area (Å²) in [4.78, 5) is 28.8. The summed E-state index contributed by atoms with van der Waals surface area (Å²) in [6.07, 6.45) is 0. The van der Waals surface area contributed by atoms with Gasteiger partial charge in [0.2, 0.25) is 0 Å². The second kappa shape index (κ2) is 8.60. The van der Waals surface area contributed by atoms with Crippen LogP contribution in [0.5, 0.6) is 0 Å². The predicted octanol–water partition coefficient (Wildman–Crippen LogP) is 6.61. The zero-order valence-corrected chi connectivity index (χ0v) is 21.0. The third-order valence-corrected chi connectivity index (χ3v) is 6.72. The van der Waals surface area contributed by atoms with E-state index in [0.717, 1.165) is 33.5 Å². The average Bonchev–Trinajstić information content (AvgIpc) is 3.01. The summed E-state index contributed by atoms with van der Waals surface area (Å²) in [6, 6.07) is 19.6. The molecule has 3 aromatic carbocycles. The van der Waals surface area contributed by atoms with Crippen LogP contribution < -0.4 is 10.2 Å². The van der Waals surface area contributed by atoms with Crippen LogP contribution in [0.15, 0.2) is 66.4 Å². The van der Waals surface area contributed by atoms with Gasteiger partial charge in [-0.2, -0.15) is 0 Å². The highest BCUT2D eigenvalue weighted by Gasteiger charge is 2.41. The summed E-state index contributed by atoms with van der Waals surface area (Å²) in [6.45, 7) is 14.5. The molecule has 1 aliphatic heterocycles. The first-order valence-corrected chi connectivity index (χ1v) is 11.6. The Balaban J connectivity index is 1.83.